The van der Waals surface area contributed by atoms with Crippen LogP contribution in [0.25, 0.3) is 33.1 Å². The van der Waals surface area contributed by atoms with Crippen molar-refractivity contribution in [2.75, 3.05) is 0 Å². The SMILES string of the molecule is O=c1c2cn[nH]c2c2cnc(-c3cccc(Cl)c3O)cc2n1CC(F)(F)F. The first-order valence-corrected chi connectivity index (χ1v) is 8.04. The molecule has 1 aromatic carbocycles. The van der Waals surface area contributed by atoms with Gasteiger partial charge in [0.25, 0.3) is 5.56 Å². The van der Waals surface area contributed by atoms with Crippen LogP contribution < -0.4 is 5.56 Å². The summed E-state index contributed by atoms with van der Waals surface area (Å²) in [6, 6.07) is 5.88. The second kappa shape index (κ2) is 5.98. The summed E-state index contributed by atoms with van der Waals surface area (Å²) in [6.07, 6.45) is -2.09. The van der Waals surface area contributed by atoms with Gasteiger partial charge in [-0.1, -0.05) is 17.7 Å². The number of benzene rings is 1. The van der Waals surface area contributed by atoms with E-state index in [1.165, 1.54) is 30.6 Å². The number of para-hydroxylation sites is 1. The first-order valence-electron chi connectivity index (χ1n) is 7.66. The molecule has 27 heavy (non-hydrogen) atoms. The molecule has 3 aromatic heterocycles. The van der Waals surface area contributed by atoms with Crippen molar-refractivity contribution in [2.45, 2.75) is 12.7 Å². The van der Waals surface area contributed by atoms with Crippen LogP contribution in [0.5, 0.6) is 5.75 Å². The van der Waals surface area contributed by atoms with E-state index in [-0.39, 0.29) is 32.9 Å². The van der Waals surface area contributed by atoms with Crippen molar-refractivity contribution >= 4 is 33.4 Å². The normalized spacial score (nSPS) is 12.1. The molecule has 6 nitrogen and oxygen atoms in total. The van der Waals surface area contributed by atoms with Gasteiger partial charge in [0.2, 0.25) is 0 Å². The number of fused-ring (bicyclic) bond motifs is 3. The third-order valence-corrected chi connectivity index (χ3v) is 4.46. The molecule has 2 N–H and O–H groups in total. The smallest absolute Gasteiger partial charge is 0.406 e. The second-order valence-corrected chi connectivity index (χ2v) is 6.30. The lowest BCUT2D eigenvalue weighted by atomic mass is 10.1. The number of nitrogens with zero attached hydrogens (tertiary/aromatic N) is 3. The lowest BCUT2D eigenvalue weighted by Crippen LogP contribution is -2.28. The van der Waals surface area contributed by atoms with Gasteiger partial charge in [0.15, 0.2) is 0 Å². The van der Waals surface area contributed by atoms with Crippen LogP contribution in [0.2, 0.25) is 5.02 Å². The Kier molecular flexibility index (Phi) is 3.84. The number of phenols is 1. The summed E-state index contributed by atoms with van der Waals surface area (Å²) in [5, 5.41) is 16.9. The maximum atomic E-state index is 13.1. The maximum Gasteiger partial charge on any atom is 0.406 e. The Morgan fingerprint density at radius 3 is 2.74 bits per heavy atom. The van der Waals surface area contributed by atoms with Gasteiger partial charge in [-0.25, -0.2) is 0 Å². The number of hydrogen-bond acceptors (Lipinski definition) is 4. The average Bonchev–Trinajstić information content (AvgIpc) is 3.10. The highest BCUT2D eigenvalue weighted by atomic mass is 35.5. The molecule has 0 saturated heterocycles. The van der Waals surface area contributed by atoms with E-state index in [2.05, 4.69) is 15.2 Å². The van der Waals surface area contributed by atoms with Crippen LogP contribution >= 0.6 is 11.6 Å². The molecule has 4 rings (SSSR count). The van der Waals surface area contributed by atoms with Gasteiger partial charge >= 0.3 is 6.18 Å². The Morgan fingerprint density at radius 2 is 2.00 bits per heavy atom. The summed E-state index contributed by atoms with van der Waals surface area (Å²) in [7, 11) is 0. The van der Waals surface area contributed by atoms with Crippen molar-refractivity contribution in [3.63, 3.8) is 0 Å². The average molecular weight is 395 g/mol. The van der Waals surface area contributed by atoms with Crippen molar-refractivity contribution in [3.05, 3.63) is 52.0 Å². The zero-order valence-electron chi connectivity index (χ0n) is 13.4. The Hall–Kier alpha value is -3.07. The molecule has 0 saturated carbocycles. The van der Waals surface area contributed by atoms with E-state index in [4.69, 9.17) is 11.6 Å². The first-order chi connectivity index (χ1) is 12.8. The molecule has 0 unspecified atom stereocenters. The number of pyridine rings is 2. The van der Waals surface area contributed by atoms with Gasteiger partial charge in [0.05, 0.1) is 33.3 Å². The van der Waals surface area contributed by atoms with E-state index in [0.717, 1.165) is 0 Å². The van der Waals surface area contributed by atoms with Gasteiger partial charge < -0.3 is 5.11 Å². The standard InChI is InChI=1S/C17H10ClF3N4O2/c18-11-3-1-2-8(15(11)26)12-4-13-9(5-22-12)14-10(6-23-24-14)16(27)25(13)7-17(19,20)21/h1-6,26H,7H2,(H,23,24). The topological polar surface area (TPSA) is 83.8 Å². The fraction of sp³-hybridized carbons (Fsp3) is 0.118. The maximum absolute atomic E-state index is 13.1. The number of H-pyrrole nitrogens is 1. The van der Waals surface area contributed by atoms with Crippen molar-refractivity contribution in [3.8, 4) is 17.0 Å². The summed E-state index contributed by atoms with van der Waals surface area (Å²) in [6.45, 7) is -1.46. The predicted octanol–water partition coefficient (Wildman–Crippen LogP) is 3.86. The summed E-state index contributed by atoms with van der Waals surface area (Å²) >= 11 is 5.89. The van der Waals surface area contributed by atoms with Gasteiger partial charge in [0.1, 0.15) is 12.3 Å². The Bertz CT molecular complexity index is 1250. The van der Waals surface area contributed by atoms with E-state index in [9.17, 15) is 23.1 Å². The summed E-state index contributed by atoms with van der Waals surface area (Å²) in [5.74, 6) is -0.252. The van der Waals surface area contributed by atoms with Gasteiger partial charge in [-0.2, -0.15) is 18.3 Å². The number of aromatic nitrogens is 4. The number of rotatable bonds is 2. The molecule has 0 fully saturated rings. The van der Waals surface area contributed by atoms with Crippen molar-refractivity contribution in [2.24, 2.45) is 0 Å². The van der Waals surface area contributed by atoms with Gasteiger partial charge in [-0.15, -0.1) is 0 Å². The van der Waals surface area contributed by atoms with Crippen LogP contribution in [-0.4, -0.2) is 31.0 Å². The van der Waals surface area contributed by atoms with Crippen LogP contribution in [0.15, 0.2) is 41.5 Å². The minimum atomic E-state index is -4.60. The van der Waals surface area contributed by atoms with E-state index in [0.29, 0.717) is 15.5 Å². The molecule has 3 heterocycles. The minimum Gasteiger partial charge on any atom is -0.506 e. The first kappa shape index (κ1) is 17.3. The zero-order valence-corrected chi connectivity index (χ0v) is 14.1. The van der Waals surface area contributed by atoms with Crippen LogP contribution in [0.1, 0.15) is 0 Å². The number of halogens is 4. The van der Waals surface area contributed by atoms with Crippen molar-refractivity contribution < 1.29 is 18.3 Å². The molecule has 0 aliphatic carbocycles. The van der Waals surface area contributed by atoms with Crippen LogP contribution in [-0.2, 0) is 6.54 Å². The Balaban J connectivity index is 2.07. The van der Waals surface area contributed by atoms with Crippen LogP contribution in [0, 0.1) is 0 Å². The summed E-state index contributed by atoms with van der Waals surface area (Å²) < 4.78 is 39.8. The van der Waals surface area contributed by atoms with Crippen molar-refractivity contribution in [1.29, 1.82) is 0 Å². The monoisotopic (exact) mass is 394 g/mol. The van der Waals surface area contributed by atoms with Crippen LogP contribution in [0.3, 0.4) is 0 Å². The van der Waals surface area contributed by atoms with Crippen molar-refractivity contribution in [1.82, 2.24) is 19.7 Å². The zero-order chi connectivity index (χ0) is 19.3. The number of hydrogen-bond donors (Lipinski definition) is 2. The molecule has 0 aliphatic heterocycles. The highest BCUT2D eigenvalue weighted by Crippen LogP contribution is 2.35. The molecule has 4 aromatic rings. The molecule has 10 heteroatoms. The molecule has 138 valence electrons. The van der Waals surface area contributed by atoms with Crippen LogP contribution in [0.4, 0.5) is 13.2 Å². The second-order valence-electron chi connectivity index (χ2n) is 5.89. The predicted molar refractivity (Wildman–Crippen MR) is 93.8 cm³/mol. The molecule has 0 bridgehead atoms. The number of phenolic OH excluding ortho intramolecular Hbond substituents is 1. The van der Waals surface area contributed by atoms with E-state index < -0.39 is 18.3 Å². The summed E-state index contributed by atoms with van der Waals surface area (Å²) in [5.41, 5.74) is -0.103. The molecular formula is C17H10ClF3N4O2. The van der Waals surface area contributed by atoms with Gasteiger partial charge in [-0.05, 0) is 18.2 Å². The number of aromatic amines is 1. The summed E-state index contributed by atoms with van der Waals surface area (Å²) in [4.78, 5) is 16.8. The lowest BCUT2D eigenvalue weighted by Gasteiger charge is -2.14. The molecule has 0 spiro atoms. The molecule has 0 radical (unpaired) electrons. The third-order valence-electron chi connectivity index (χ3n) is 4.16. The Labute approximate surface area is 153 Å². The molecule has 0 amide bonds. The van der Waals surface area contributed by atoms with E-state index in [1.54, 1.807) is 6.07 Å². The number of alkyl halides is 3. The molecule has 0 atom stereocenters. The largest absolute Gasteiger partial charge is 0.506 e. The molecule has 0 aliphatic rings. The fourth-order valence-corrected chi connectivity index (χ4v) is 3.15. The van der Waals surface area contributed by atoms with Gasteiger partial charge in [0, 0.05) is 17.1 Å². The van der Waals surface area contributed by atoms with E-state index >= 15 is 0 Å². The highest BCUT2D eigenvalue weighted by Gasteiger charge is 2.30. The lowest BCUT2D eigenvalue weighted by molar-refractivity contribution is -0.140. The third kappa shape index (κ3) is 2.89. The quantitative estimate of drug-likeness (QED) is 0.540. The highest BCUT2D eigenvalue weighted by molar-refractivity contribution is 6.32. The number of aromatic hydroxyl groups is 1. The Morgan fingerprint density at radius 1 is 1.22 bits per heavy atom. The fourth-order valence-electron chi connectivity index (χ4n) is 2.97. The minimum absolute atomic E-state index is 0.0125. The van der Waals surface area contributed by atoms with E-state index in [1.807, 2.05) is 0 Å². The number of nitrogens with one attached hydrogen (secondary N) is 1. The van der Waals surface area contributed by atoms with Gasteiger partial charge in [-0.3, -0.25) is 19.4 Å². The molecular weight excluding hydrogens is 385 g/mol.